The smallest absolute Gasteiger partial charge is 0.326 e. The average Bonchev–Trinajstić information content (AvgIpc) is 2.83. The van der Waals surface area contributed by atoms with Crippen LogP contribution >= 0.6 is 0 Å². The van der Waals surface area contributed by atoms with E-state index in [-0.39, 0.29) is 5.91 Å². The summed E-state index contributed by atoms with van der Waals surface area (Å²) in [6.45, 7) is 3.61. The second-order valence-corrected chi connectivity index (χ2v) is 6.35. The molecule has 0 bridgehead atoms. The molecule has 1 aromatic carbocycles. The van der Waals surface area contributed by atoms with Gasteiger partial charge in [-0.05, 0) is 37.6 Å². The Labute approximate surface area is 156 Å². The fraction of sp³-hybridized carbons (Fsp3) is 0.389. The van der Waals surface area contributed by atoms with Gasteiger partial charge in [-0.15, -0.1) is 0 Å². The zero-order chi connectivity index (χ0) is 20.2. The molecule has 0 unspecified atom stereocenters. The Hall–Kier alpha value is -3.23. The first-order chi connectivity index (χ1) is 12.7. The molecule has 1 aliphatic rings. The summed E-state index contributed by atoms with van der Waals surface area (Å²) in [5, 5.41) is 5.10. The van der Waals surface area contributed by atoms with Gasteiger partial charge in [-0.25, -0.2) is 4.79 Å². The molecule has 0 aromatic heterocycles. The van der Waals surface area contributed by atoms with Crippen molar-refractivity contribution in [1.29, 1.82) is 0 Å². The Balaban J connectivity index is 1.88. The summed E-state index contributed by atoms with van der Waals surface area (Å²) in [5.74, 6) is -2.05. The maximum atomic E-state index is 12.2. The molecule has 2 N–H and O–H groups in total. The lowest BCUT2D eigenvalue weighted by molar-refractivity contribution is -0.146. The topological polar surface area (TPSA) is 122 Å². The lowest BCUT2D eigenvalue weighted by Crippen LogP contribution is -2.43. The van der Waals surface area contributed by atoms with Crippen LogP contribution in [0.2, 0.25) is 0 Å². The highest BCUT2D eigenvalue weighted by Gasteiger charge is 2.47. The molecule has 1 aliphatic heterocycles. The number of carbonyl (C=O) groups is 5. The Morgan fingerprint density at radius 3 is 2.33 bits per heavy atom. The molecule has 144 valence electrons. The Bertz CT molecular complexity index is 789. The van der Waals surface area contributed by atoms with Crippen molar-refractivity contribution in [2.24, 2.45) is 0 Å². The molecule has 4 amide bonds. The molecule has 27 heavy (non-hydrogen) atoms. The van der Waals surface area contributed by atoms with E-state index >= 15 is 0 Å². The number of benzene rings is 1. The summed E-state index contributed by atoms with van der Waals surface area (Å²) in [6.07, 6.45) is 0.385. The predicted octanol–water partition coefficient (Wildman–Crippen LogP) is 1.09. The maximum Gasteiger partial charge on any atom is 0.326 e. The number of carbonyl (C=O) groups excluding carboxylic acids is 5. The molecule has 1 atom stereocenters. The van der Waals surface area contributed by atoms with Crippen LogP contribution in [0, 0.1) is 0 Å². The molecular weight excluding hydrogens is 354 g/mol. The van der Waals surface area contributed by atoms with E-state index in [9.17, 15) is 24.0 Å². The number of urea groups is 1. The van der Waals surface area contributed by atoms with Crippen molar-refractivity contribution in [3.63, 3.8) is 0 Å². The zero-order valence-corrected chi connectivity index (χ0v) is 15.3. The molecule has 0 spiro atoms. The van der Waals surface area contributed by atoms with Gasteiger partial charge >= 0.3 is 12.0 Å². The molecule has 1 aromatic rings. The molecule has 2 rings (SSSR count). The van der Waals surface area contributed by atoms with E-state index in [1.807, 2.05) is 0 Å². The van der Waals surface area contributed by atoms with Crippen LogP contribution in [0.25, 0.3) is 0 Å². The Morgan fingerprint density at radius 2 is 1.81 bits per heavy atom. The minimum Gasteiger partial charge on any atom is -0.456 e. The third-order valence-electron chi connectivity index (χ3n) is 4.23. The van der Waals surface area contributed by atoms with Crippen molar-refractivity contribution in [2.45, 2.75) is 32.7 Å². The molecule has 0 saturated carbocycles. The first-order valence-corrected chi connectivity index (χ1v) is 8.37. The summed E-state index contributed by atoms with van der Waals surface area (Å²) in [6, 6.07) is 5.42. The molecule has 0 radical (unpaired) electrons. The number of ketones is 1. The van der Waals surface area contributed by atoms with Crippen molar-refractivity contribution < 1.29 is 28.7 Å². The second kappa shape index (κ2) is 7.98. The number of esters is 1. The molecule has 1 heterocycles. The lowest BCUT2D eigenvalue weighted by atomic mass is 9.99. The average molecular weight is 375 g/mol. The van der Waals surface area contributed by atoms with E-state index in [1.165, 1.54) is 19.1 Å². The van der Waals surface area contributed by atoms with Crippen molar-refractivity contribution in [3.05, 3.63) is 29.8 Å². The van der Waals surface area contributed by atoms with E-state index in [1.54, 1.807) is 26.0 Å². The first-order valence-electron chi connectivity index (χ1n) is 8.37. The SMILES string of the molecule is CC[C@@]1(C)NC(=O)N(CC(=O)OCC(=O)c2ccc(NC(C)=O)cc2)C1=O. The van der Waals surface area contributed by atoms with Gasteiger partial charge in [0, 0.05) is 18.2 Å². The summed E-state index contributed by atoms with van der Waals surface area (Å²) >= 11 is 0. The summed E-state index contributed by atoms with van der Waals surface area (Å²) < 4.78 is 4.88. The number of rotatable bonds is 7. The van der Waals surface area contributed by atoms with Gasteiger partial charge in [0.15, 0.2) is 12.4 Å². The fourth-order valence-electron chi connectivity index (χ4n) is 2.48. The Kier molecular flexibility index (Phi) is 5.94. The van der Waals surface area contributed by atoms with Crippen LogP contribution in [0.1, 0.15) is 37.6 Å². The van der Waals surface area contributed by atoms with Gasteiger partial charge in [-0.2, -0.15) is 0 Å². The van der Waals surface area contributed by atoms with Gasteiger partial charge in [0.25, 0.3) is 5.91 Å². The van der Waals surface area contributed by atoms with E-state index in [2.05, 4.69) is 10.6 Å². The maximum absolute atomic E-state index is 12.2. The largest absolute Gasteiger partial charge is 0.456 e. The highest BCUT2D eigenvalue weighted by molar-refractivity contribution is 6.08. The number of nitrogens with one attached hydrogen (secondary N) is 2. The van der Waals surface area contributed by atoms with E-state index in [0.717, 1.165) is 4.90 Å². The summed E-state index contributed by atoms with van der Waals surface area (Å²) in [4.78, 5) is 59.8. The molecule has 1 saturated heterocycles. The number of anilines is 1. The van der Waals surface area contributed by atoms with Gasteiger partial charge < -0.3 is 15.4 Å². The van der Waals surface area contributed by atoms with Crippen LogP contribution < -0.4 is 10.6 Å². The van der Waals surface area contributed by atoms with E-state index in [4.69, 9.17) is 4.74 Å². The van der Waals surface area contributed by atoms with E-state index in [0.29, 0.717) is 17.7 Å². The third-order valence-corrected chi connectivity index (χ3v) is 4.23. The van der Waals surface area contributed by atoms with Gasteiger partial charge in [0.2, 0.25) is 5.91 Å². The third kappa shape index (κ3) is 4.69. The van der Waals surface area contributed by atoms with Gasteiger partial charge in [0.05, 0.1) is 0 Å². The first kappa shape index (κ1) is 20.1. The second-order valence-electron chi connectivity index (χ2n) is 6.35. The van der Waals surface area contributed by atoms with Crippen molar-refractivity contribution >= 4 is 35.3 Å². The number of amides is 4. The number of imide groups is 1. The van der Waals surface area contributed by atoms with Crippen molar-refractivity contribution in [2.75, 3.05) is 18.5 Å². The van der Waals surface area contributed by atoms with Crippen LogP contribution in [0.15, 0.2) is 24.3 Å². The van der Waals surface area contributed by atoms with E-state index < -0.39 is 42.4 Å². The summed E-state index contributed by atoms with van der Waals surface area (Å²) in [7, 11) is 0. The minimum absolute atomic E-state index is 0.234. The molecule has 9 nitrogen and oxygen atoms in total. The molecule has 9 heteroatoms. The number of hydrogen-bond donors (Lipinski definition) is 2. The zero-order valence-electron chi connectivity index (χ0n) is 15.3. The van der Waals surface area contributed by atoms with Gasteiger partial charge in [-0.1, -0.05) is 6.92 Å². The number of Topliss-reactive ketones (excluding diaryl/α,β-unsaturated/α-hetero) is 1. The highest BCUT2D eigenvalue weighted by Crippen LogP contribution is 2.20. The summed E-state index contributed by atoms with van der Waals surface area (Å²) in [5.41, 5.74) is -0.206. The molecule has 0 aliphatic carbocycles. The molecular formula is C18H21N3O6. The number of nitrogens with zero attached hydrogens (tertiary/aromatic N) is 1. The quantitative estimate of drug-likeness (QED) is 0.418. The molecule has 1 fully saturated rings. The monoisotopic (exact) mass is 375 g/mol. The number of hydrogen-bond acceptors (Lipinski definition) is 6. The van der Waals surface area contributed by atoms with Crippen molar-refractivity contribution in [3.8, 4) is 0 Å². The van der Waals surface area contributed by atoms with Crippen LogP contribution in [-0.2, 0) is 19.1 Å². The fourth-order valence-corrected chi connectivity index (χ4v) is 2.48. The van der Waals surface area contributed by atoms with Gasteiger partial charge in [-0.3, -0.25) is 24.1 Å². The van der Waals surface area contributed by atoms with Crippen LogP contribution in [0.5, 0.6) is 0 Å². The van der Waals surface area contributed by atoms with Gasteiger partial charge in [0.1, 0.15) is 12.1 Å². The van der Waals surface area contributed by atoms with Crippen molar-refractivity contribution in [1.82, 2.24) is 10.2 Å². The van der Waals surface area contributed by atoms with Crippen LogP contribution in [-0.4, -0.2) is 53.2 Å². The minimum atomic E-state index is -1.04. The number of ether oxygens (including phenoxy) is 1. The predicted molar refractivity (Wildman–Crippen MR) is 95.0 cm³/mol. The normalized spacial score (nSPS) is 18.9. The Morgan fingerprint density at radius 1 is 1.19 bits per heavy atom. The van der Waals surface area contributed by atoms with Crippen LogP contribution in [0.3, 0.4) is 0 Å². The lowest BCUT2D eigenvalue weighted by Gasteiger charge is -2.18. The standard InChI is InChI=1S/C18H21N3O6/c1-4-18(3)16(25)21(17(26)20-18)9-15(24)27-10-14(23)12-5-7-13(8-6-12)19-11(2)22/h5-8H,4,9-10H2,1-3H3,(H,19,22)(H,20,26)/t18-/m1/s1. The highest BCUT2D eigenvalue weighted by atomic mass is 16.5. The van der Waals surface area contributed by atoms with Crippen LogP contribution in [0.4, 0.5) is 10.5 Å².